The van der Waals surface area contributed by atoms with Gasteiger partial charge in [0.25, 0.3) is 0 Å². The number of carbonyl (C=O) groups is 2. The molecule has 5 aliphatic rings. The molecular formula is C28H36N4O2S. The standard InChI is InChI=1S/C28H36N4O2S/c33-27-24-18-9-10-19(15-18)25(24)28(34)32(27)17-21-6-2-1-5-20(21)16-30-11-13-31(14-12-30)26-22-7-3-4-8-23(22)35-29-26/h3-4,7-8,18-21,24-25H,1-2,5-6,9-17H2/t18-,19+,20-,21-,24+,25-/m0/s1/i16D2. The van der Waals surface area contributed by atoms with Crippen molar-refractivity contribution in [2.45, 2.75) is 44.9 Å². The Labute approximate surface area is 214 Å². The minimum Gasteiger partial charge on any atom is -0.353 e. The van der Waals surface area contributed by atoms with Crippen molar-refractivity contribution in [3.8, 4) is 0 Å². The van der Waals surface area contributed by atoms with Gasteiger partial charge in [0.2, 0.25) is 11.8 Å². The van der Waals surface area contributed by atoms with Gasteiger partial charge < -0.3 is 4.90 Å². The number of carbonyl (C=O) groups excluding carboxylic acids is 2. The maximum absolute atomic E-state index is 13.4. The molecule has 0 spiro atoms. The van der Waals surface area contributed by atoms with Crippen molar-refractivity contribution in [1.29, 1.82) is 0 Å². The van der Waals surface area contributed by atoms with Crippen LogP contribution in [0.15, 0.2) is 24.3 Å². The third-order valence-corrected chi connectivity index (χ3v) is 10.4. The molecule has 0 N–H and O–H groups in total. The molecule has 6 nitrogen and oxygen atoms in total. The van der Waals surface area contributed by atoms with Gasteiger partial charge in [0, 0.05) is 47.3 Å². The molecule has 0 radical (unpaired) electrons. The summed E-state index contributed by atoms with van der Waals surface area (Å²) in [7, 11) is 0. The van der Waals surface area contributed by atoms with E-state index in [2.05, 4.69) is 17.0 Å². The molecule has 2 aliphatic heterocycles. The molecule has 2 aromatic rings. The minimum absolute atomic E-state index is 0.0358. The number of anilines is 1. The molecule has 2 bridgehead atoms. The van der Waals surface area contributed by atoms with E-state index in [0.29, 0.717) is 31.5 Å². The summed E-state index contributed by atoms with van der Waals surface area (Å²) in [5.41, 5.74) is 0. The zero-order valence-electron chi connectivity index (χ0n) is 22.3. The summed E-state index contributed by atoms with van der Waals surface area (Å²) >= 11 is 1.52. The molecule has 1 aromatic heterocycles. The molecule has 7 heteroatoms. The number of hydrogen-bond acceptors (Lipinski definition) is 6. The van der Waals surface area contributed by atoms with Crippen LogP contribution in [0, 0.1) is 35.5 Å². The lowest BCUT2D eigenvalue weighted by atomic mass is 9.78. The van der Waals surface area contributed by atoms with Crippen molar-refractivity contribution >= 4 is 39.3 Å². The average Bonchev–Trinajstić information content (AvgIpc) is 3.69. The van der Waals surface area contributed by atoms with E-state index in [1.54, 1.807) is 4.90 Å². The van der Waals surface area contributed by atoms with Crippen LogP contribution in [0.1, 0.15) is 47.7 Å². The molecule has 6 atom stereocenters. The van der Waals surface area contributed by atoms with Gasteiger partial charge in [-0.05, 0) is 79.4 Å². The van der Waals surface area contributed by atoms with Gasteiger partial charge in [-0.1, -0.05) is 25.0 Å². The molecule has 5 fully saturated rings. The molecule has 35 heavy (non-hydrogen) atoms. The molecule has 7 rings (SSSR count). The van der Waals surface area contributed by atoms with Crippen LogP contribution in [-0.4, -0.2) is 65.2 Å². The fourth-order valence-electron chi connectivity index (χ4n) is 7.86. The number of fused-ring (bicyclic) bond motifs is 6. The first-order valence-corrected chi connectivity index (χ1v) is 14.4. The van der Waals surface area contributed by atoms with Crippen LogP contribution in [0.5, 0.6) is 0 Å². The Bertz CT molecular complexity index is 1180. The summed E-state index contributed by atoms with van der Waals surface area (Å²) in [5.74, 6) is 1.63. The van der Waals surface area contributed by atoms with E-state index < -0.39 is 6.50 Å². The van der Waals surface area contributed by atoms with Crippen LogP contribution in [0.25, 0.3) is 10.1 Å². The van der Waals surface area contributed by atoms with Crippen molar-refractivity contribution in [2.24, 2.45) is 35.5 Å². The molecule has 3 saturated carbocycles. The van der Waals surface area contributed by atoms with Crippen molar-refractivity contribution in [2.75, 3.05) is 44.1 Å². The second-order valence-corrected chi connectivity index (χ2v) is 12.2. The predicted octanol–water partition coefficient (Wildman–Crippen LogP) is 4.26. The number of amides is 2. The molecule has 3 aliphatic carbocycles. The van der Waals surface area contributed by atoms with Gasteiger partial charge in [-0.25, -0.2) is 0 Å². The van der Waals surface area contributed by atoms with E-state index in [4.69, 9.17) is 4.37 Å². The number of likely N-dealkylation sites (tertiary alicyclic amines) is 1. The van der Waals surface area contributed by atoms with Crippen LogP contribution in [-0.2, 0) is 9.59 Å². The second kappa shape index (κ2) is 8.84. The first kappa shape index (κ1) is 20.1. The van der Waals surface area contributed by atoms with Gasteiger partial charge in [0.15, 0.2) is 0 Å². The number of aromatic nitrogens is 1. The minimum atomic E-state index is -1.46. The number of imide groups is 1. The number of nitrogens with zero attached hydrogens (tertiary/aromatic N) is 4. The highest BCUT2D eigenvalue weighted by molar-refractivity contribution is 7.13. The molecule has 3 heterocycles. The number of rotatable bonds is 5. The summed E-state index contributed by atoms with van der Waals surface area (Å²) in [6, 6.07) is 8.30. The Balaban J connectivity index is 1.05. The summed E-state index contributed by atoms with van der Waals surface area (Å²) < 4.78 is 24.4. The highest BCUT2D eigenvalue weighted by Gasteiger charge is 2.61. The maximum atomic E-state index is 13.4. The van der Waals surface area contributed by atoms with Crippen LogP contribution in [0.2, 0.25) is 0 Å². The molecule has 2 saturated heterocycles. The highest BCUT2D eigenvalue weighted by Crippen LogP contribution is 2.56. The van der Waals surface area contributed by atoms with E-state index in [9.17, 15) is 12.3 Å². The Hall–Kier alpha value is -1.99. The summed E-state index contributed by atoms with van der Waals surface area (Å²) in [5, 5.41) is 1.18. The Kier molecular flexibility index (Phi) is 5.08. The number of piperazine rings is 1. The number of benzene rings is 1. The van der Waals surface area contributed by atoms with Crippen molar-refractivity contribution in [3.63, 3.8) is 0 Å². The van der Waals surface area contributed by atoms with Crippen LogP contribution >= 0.6 is 11.5 Å². The first-order valence-electron chi connectivity index (χ1n) is 14.6. The van der Waals surface area contributed by atoms with Crippen molar-refractivity contribution in [1.82, 2.24) is 14.2 Å². The summed E-state index contributed by atoms with van der Waals surface area (Å²) in [4.78, 5) is 32.6. The largest absolute Gasteiger partial charge is 0.353 e. The molecule has 186 valence electrons. The summed E-state index contributed by atoms with van der Waals surface area (Å²) in [6.45, 7) is 1.76. The predicted molar refractivity (Wildman–Crippen MR) is 138 cm³/mol. The van der Waals surface area contributed by atoms with Crippen molar-refractivity contribution in [3.05, 3.63) is 24.3 Å². The third kappa shape index (κ3) is 3.72. The van der Waals surface area contributed by atoms with E-state index in [1.807, 2.05) is 17.0 Å². The lowest BCUT2D eigenvalue weighted by Crippen LogP contribution is -2.49. The van der Waals surface area contributed by atoms with Gasteiger partial charge in [-0.15, -0.1) is 0 Å². The quantitative estimate of drug-likeness (QED) is 0.582. The fourth-order valence-corrected chi connectivity index (χ4v) is 8.66. The topological polar surface area (TPSA) is 56.8 Å². The Morgan fingerprint density at radius 2 is 1.60 bits per heavy atom. The maximum Gasteiger partial charge on any atom is 0.233 e. The van der Waals surface area contributed by atoms with Gasteiger partial charge in [-0.2, -0.15) is 4.37 Å². The van der Waals surface area contributed by atoms with E-state index in [1.165, 1.54) is 21.6 Å². The first-order chi connectivity index (χ1) is 17.9. The van der Waals surface area contributed by atoms with Gasteiger partial charge >= 0.3 is 0 Å². The van der Waals surface area contributed by atoms with Crippen LogP contribution < -0.4 is 4.90 Å². The second-order valence-electron chi connectivity index (χ2n) is 11.4. The summed E-state index contributed by atoms with van der Waals surface area (Å²) in [6.07, 6.45) is 7.03. The van der Waals surface area contributed by atoms with Crippen LogP contribution in [0.3, 0.4) is 0 Å². The van der Waals surface area contributed by atoms with Crippen molar-refractivity contribution < 1.29 is 12.3 Å². The average molecular weight is 495 g/mol. The van der Waals surface area contributed by atoms with E-state index in [-0.39, 0.29) is 35.5 Å². The SMILES string of the molecule is [2H]C([2H])([C@@H]1CCCC[C@H]1CN1C(=O)[C@@H]2[C@H]3CC[C@H](C3)[C@@H]2C1=O)N1CCN(c2nsc3ccccc23)CC1. The van der Waals surface area contributed by atoms with Crippen LogP contribution in [0.4, 0.5) is 5.82 Å². The Morgan fingerprint density at radius 1 is 0.914 bits per heavy atom. The van der Waals surface area contributed by atoms with Gasteiger partial charge in [-0.3, -0.25) is 19.4 Å². The zero-order valence-corrected chi connectivity index (χ0v) is 21.1. The zero-order chi connectivity index (χ0) is 25.3. The fraction of sp³-hybridized carbons (Fsp3) is 0.679. The molecule has 1 aromatic carbocycles. The van der Waals surface area contributed by atoms with Gasteiger partial charge in [0.05, 0.1) is 16.5 Å². The molecule has 2 amide bonds. The number of hydrogen-bond donors (Lipinski definition) is 0. The van der Waals surface area contributed by atoms with E-state index in [0.717, 1.165) is 63.9 Å². The van der Waals surface area contributed by atoms with Gasteiger partial charge in [0.1, 0.15) is 5.82 Å². The monoisotopic (exact) mass is 494 g/mol. The Morgan fingerprint density at radius 3 is 2.34 bits per heavy atom. The highest BCUT2D eigenvalue weighted by atomic mass is 32.1. The van der Waals surface area contributed by atoms with E-state index >= 15 is 0 Å². The lowest BCUT2D eigenvalue weighted by Gasteiger charge is -2.40. The molecular weight excluding hydrogens is 456 g/mol. The smallest absolute Gasteiger partial charge is 0.233 e. The normalized spacial score (nSPS) is 36.7. The lowest BCUT2D eigenvalue weighted by molar-refractivity contribution is -0.142. The third-order valence-electron chi connectivity index (χ3n) is 9.63. The molecule has 0 unspecified atom stereocenters.